The molecule has 152 valence electrons. The summed E-state index contributed by atoms with van der Waals surface area (Å²) in [5, 5.41) is 0.123. The van der Waals surface area contributed by atoms with E-state index in [0.717, 1.165) is 11.1 Å². The molecule has 2 aliphatic rings. The van der Waals surface area contributed by atoms with E-state index in [0.29, 0.717) is 17.7 Å². The lowest BCUT2D eigenvalue weighted by atomic mass is 9.79. The molecule has 0 saturated carbocycles. The monoisotopic (exact) mass is 420 g/mol. The van der Waals surface area contributed by atoms with Gasteiger partial charge in [-0.2, -0.15) is 0 Å². The van der Waals surface area contributed by atoms with Gasteiger partial charge in [0.1, 0.15) is 5.03 Å². The molecule has 2 aromatic carbocycles. The van der Waals surface area contributed by atoms with Gasteiger partial charge in [-0.1, -0.05) is 35.9 Å². The molecule has 30 heavy (non-hydrogen) atoms. The zero-order chi connectivity index (χ0) is 21.0. The highest BCUT2D eigenvalue weighted by Gasteiger charge is 2.51. The highest BCUT2D eigenvalue weighted by molar-refractivity contribution is 7.91. The number of sulfone groups is 1. The van der Waals surface area contributed by atoms with Crippen LogP contribution in [0.15, 0.2) is 70.7 Å². The normalized spacial score (nSPS) is 20.9. The van der Waals surface area contributed by atoms with Crippen molar-refractivity contribution in [1.82, 2.24) is 4.98 Å². The van der Waals surface area contributed by atoms with Crippen molar-refractivity contribution >= 4 is 27.3 Å². The van der Waals surface area contributed by atoms with Gasteiger partial charge in [0.25, 0.3) is 0 Å². The minimum Gasteiger partial charge on any atom is -0.352 e. The van der Waals surface area contributed by atoms with Crippen molar-refractivity contribution in [2.45, 2.75) is 29.7 Å². The van der Waals surface area contributed by atoms with E-state index in [2.05, 4.69) is 4.98 Å². The zero-order valence-corrected chi connectivity index (χ0v) is 17.1. The van der Waals surface area contributed by atoms with Crippen molar-refractivity contribution in [3.05, 3.63) is 77.5 Å². The fraction of sp³-hybridized carbons (Fsp3) is 0.217. The number of benzene rings is 2. The van der Waals surface area contributed by atoms with Gasteiger partial charge in [-0.25, -0.2) is 8.42 Å². The Balaban J connectivity index is 1.52. The van der Waals surface area contributed by atoms with Crippen molar-refractivity contribution in [3.8, 4) is 0 Å². The molecule has 1 aromatic heterocycles. The SMILES string of the molecule is Cc1ccc(S(=O)(=O)c2[nH]cc3c2CC2C(=O)N(c4ccccc4)C(=O)C2C3)cc1. The number of imide groups is 1. The van der Waals surface area contributed by atoms with Crippen LogP contribution in [0.3, 0.4) is 0 Å². The number of nitrogens with one attached hydrogen (secondary N) is 1. The van der Waals surface area contributed by atoms with E-state index >= 15 is 0 Å². The molecule has 2 heterocycles. The summed E-state index contributed by atoms with van der Waals surface area (Å²) in [4.78, 5) is 30.5. The minimum atomic E-state index is -3.74. The molecule has 2 amide bonds. The van der Waals surface area contributed by atoms with Crippen molar-refractivity contribution in [2.24, 2.45) is 11.8 Å². The molecule has 1 aliphatic carbocycles. The number of para-hydroxylation sites is 1. The van der Waals surface area contributed by atoms with Crippen LogP contribution in [0, 0.1) is 18.8 Å². The van der Waals surface area contributed by atoms with Crippen LogP contribution in [0.2, 0.25) is 0 Å². The van der Waals surface area contributed by atoms with Gasteiger partial charge in [0.15, 0.2) is 0 Å². The van der Waals surface area contributed by atoms with Crippen molar-refractivity contribution < 1.29 is 18.0 Å². The van der Waals surface area contributed by atoms with Crippen molar-refractivity contribution in [3.63, 3.8) is 0 Å². The summed E-state index contributed by atoms with van der Waals surface area (Å²) in [6, 6.07) is 15.6. The first-order valence-electron chi connectivity index (χ1n) is 9.81. The highest BCUT2D eigenvalue weighted by Crippen LogP contribution is 2.42. The molecule has 2 unspecified atom stereocenters. The molecule has 0 spiro atoms. The van der Waals surface area contributed by atoms with Gasteiger partial charge in [-0.15, -0.1) is 0 Å². The van der Waals surface area contributed by atoms with Gasteiger partial charge in [0, 0.05) is 6.20 Å². The fourth-order valence-electron chi connectivity index (χ4n) is 4.49. The Hall–Kier alpha value is -3.19. The third-order valence-electron chi connectivity index (χ3n) is 6.08. The number of carbonyl (C=O) groups excluding carboxylic acids is 2. The van der Waals surface area contributed by atoms with E-state index < -0.39 is 21.7 Å². The summed E-state index contributed by atoms with van der Waals surface area (Å²) in [6.07, 6.45) is 2.25. The highest BCUT2D eigenvalue weighted by atomic mass is 32.2. The van der Waals surface area contributed by atoms with Gasteiger partial charge in [-0.05, 0) is 55.2 Å². The molecular formula is C23H20N2O4S. The molecule has 7 heteroatoms. The molecule has 0 bridgehead atoms. The smallest absolute Gasteiger partial charge is 0.238 e. The van der Waals surface area contributed by atoms with Gasteiger partial charge in [-0.3, -0.25) is 14.5 Å². The number of aryl methyl sites for hydroxylation is 1. The molecule has 0 radical (unpaired) electrons. The maximum atomic E-state index is 13.2. The molecule has 1 fully saturated rings. The Kier molecular flexibility index (Phi) is 4.18. The Morgan fingerprint density at radius 1 is 0.900 bits per heavy atom. The predicted octanol–water partition coefficient (Wildman–Crippen LogP) is 3.06. The predicted molar refractivity (Wildman–Crippen MR) is 111 cm³/mol. The number of fused-ring (bicyclic) bond motifs is 2. The number of amides is 2. The number of carbonyl (C=O) groups is 2. The topological polar surface area (TPSA) is 87.3 Å². The zero-order valence-electron chi connectivity index (χ0n) is 16.3. The second-order valence-corrected chi connectivity index (χ2v) is 9.79. The molecule has 5 rings (SSSR count). The van der Waals surface area contributed by atoms with Crippen molar-refractivity contribution in [2.75, 3.05) is 4.90 Å². The largest absolute Gasteiger partial charge is 0.352 e. The molecule has 2 atom stereocenters. The van der Waals surface area contributed by atoms with E-state index in [1.54, 1.807) is 54.7 Å². The lowest BCUT2D eigenvalue weighted by Gasteiger charge is -2.22. The van der Waals surface area contributed by atoms with Crippen LogP contribution in [0.5, 0.6) is 0 Å². The van der Waals surface area contributed by atoms with Crippen LogP contribution < -0.4 is 4.90 Å². The van der Waals surface area contributed by atoms with Gasteiger partial charge in [0.05, 0.1) is 22.4 Å². The Labute approximate surface area is 174 Å². The van der Waals surface area contributed by atoms with E-state index in [1.165, 1.54) is 4.90 Å². The summed E-state index contributed by atoms with van der Waals surface area (Å²) in [7, 11) is -3.74. The van der Waals surface area contributed by atoms with Crippen LogP contribution in [0.25, 0.3) is 0 Å². The van der Waals surface area contributed by atoms with Gasteiger partial charge in [0.2, 0.25) is 21.7 Å². The van der Waals surface area contributed by atoms with Crippen LogP contribution in [0.1, 0.15) is 16.7 Å². The van der Waals surface area contributed by atoms with Crippen molar-refractivity contribution in [1.29, 1.82) is 0 Å². The second-order valence-electron chi connectivity index (χ2n) is 7.91. The molecular weight excluding hydrogens is 400 g/mol. The minimum absolute atomic E-state index is 0.123. The third-order valence-corrected chi connectivity index (χ3v) is 7.87. The maximum absolute atomic E-state index is 13.2. The lowest BCUT2D eigenvalue weighted by Crippen LogP contribution is -2.31. The molecule has 1 aliphatic heterocycles. The first-order chi connectivity index (χ1) is 14.4. The molecule has 6 nitrogen and oxygen atoms in total. The number of anilines is 1. The van der Waals surface area contributed by atoms with Crippen LogP contribution in [0.4, 0.5) is 5.69 Å². The first-order valence-corrected chi connectivity index (χ1v) is 11.3. The number of aromatic nitrogens is 1. The Morgan fingerprint density at radius 3 is 2.20 bits per heavy atom. The Bertz CT molecular complexity index is 1260. The molecule has 1 N–H and O–H groups in total. The average Bonchev–Trinajstić information content (AvgIpc) is 3.27. The number of hydrogen-bond acceptors (Lipinski definition) is 4. The second kappa shape index (κ2) is 6.67. The van der Waals surface area contributed by atoms with E-state index in [9.17, 15) is 18.0 Å². The van der Waals surface area contributed by atoms with E-state index in [-0.39, 0.29) is 28.2 Å². The summed E-state index contributed by atoms with van der Waals surface area (Å²) in [5.41, 5.74) is 2.94. The number of rotatable bonds is 3. The van der Waals surface area contributed by atoms with Gasteiger partial charge < -0.3 is 4.98 Å². The van der Waals surface area contributed by atoms with E-state index in [4.69, 9.17) is 0 Å². The summed E-state index contributed by atoms with van der Waals surface area (Å²) in [5.74, 6) is -1.49. The van der Waals surface area contributed by atoms with E-state index in [1.807, 2.05) is 13.0 Å². The molecule has 3 aromatic rings. The quantitative estimate of drug-likeness (QED) is 0.660. The number of hydrogen-bond donors (Lipinski definition) is 1. The maximum Gasteiger partial charge on any atom is 0.238 e. The van der Waals surface area contributed by atoms with Crippen LogP contribution in [-0.4, -0.2) is 25.2 Å². The molecule has 1 saturated heterocycles. The first kappa shape index (κ1) is 18.8. The van der Waals surface area contributed by atoms with Crippen LogP contribution in [-0.2, 0) is 32.3 Å². The van der Waals surface area contributed by atoms with Gasteiger partial charge >= 0.3 is 0 Å². The van der Waals surface area contributed by atoms with Crippen LogP contribution >= 0.6 is 0 Å². The fourth-order valence-corrected chi connectivity index (χ4v) is 5.97. The third kappa shape index (κ3) is 2.73. The Morgan fingerprint density at radius 2 is 1.53 bits per heavy atom. The number of H-pyrrole nitrogens is 1. The number of nitrogens with zero attached hydrogens (tertiary/aromatic N) is 1. The lowest BCUT2D eigenvalue weighted by molar-refractivity contribution is -0.122. The number of aromatic amines is 1. The standard InChI is InChI=1S/C23H20N2O4S/c1-14-7-9-17(10-8-14)30(28,29)21-18-12-20-19(11-15(18)13-24-21)22(26)25(23(20)27)16-5-3-2-4-6-16/h2-10,13,19-20,24H,11-12H2,1H3. The average molecular weight is 420 g/mol. The summed E-state index contributed by atoms with van der Waals surface area (Å²) >= 11 is 0. The summed E-state index contributed by atoms with van der Waals surface area (Å²) in [6.45, 7) is 1.90. The summed E-state index contributed by atoms with van der Waals surface area (Å²) < 4.78 is 26.4.